The van der Waals surface area contributed by atoms with Gasteiger partial charge in [0.2, 0.25) is 0 Å². The van der Waals surface area contributed by atoms with Crippen LogP contribution in [0.25, 0.3) is 16.9 Å². The number of nitrogens with zero attached hydrogens (tertiary/aromatic N) is 3. The number of hydrogen-bond acceptors (Lipinski definition) is 3. The summed E-state index contributed by atoms with van der Waals surface area (Å²) in [5.74, 6) is -0.409. The zero-order chi connectivity index (χ0) is 15.0. The molecule has 2 aromatic heterocycles. The first-order valence-electron chi connectivity index (χ1n) is 6.58. The molecule has 0 amide bonds. The Morgan fingerprint density at radius 1 is 1.14 bits per heavy atom. The summed E-state index contributed by atoms with van der Waals surface area (Å²) in [6.07, 6.45) is 4.44. The maximum Gasteiger partial charge on any atom is 0.142 e. The highest BCUT2D eigenvalue weighted by molar-refractivity contribution is 5.72. The lowest BCUT2D eigenvalue weighted by Crippen LogP contribution is -1.98. The third-order valence-electron chi connectivity index (χ3n) is 3.33. The highest BCUT2D eigenvalue weighted by Gasteiger charge is 2.12. The maximum absolute atomic E-state index is 13.3. The number of anilines is 1. The standard InChI is InChI=1S/C16H15FN4/c1-10-3-4-11(2)15(5-10)21-9-14(18)16(20-21)12-6-13(17)8-19-7-12/h3-9H,18H2,1-2H3. The van der Waals surface area contributed by atoms with Crippen LogP contribution in [-0.2, 0) is 0 Å². The second-order valence-electron chi connectivity index (χ2n) is 5.06. The lowest BCUT2D eigenvalue weighted by Gasteiger charge is -2.06. The zero-order valence-corrected chi connectivity index (χ0v) is 11.8. The van der Waals surface area contributed by atoms with Crippen molar-refractivity contribution in [2.75, 3.05) is 5.73 Å². The fourth-order valence-electron chi connectivity index (χ4n) is 2.24. The summed E-state index contributed by atoms with van der Waals surface area (Å²) in [5, 5.41) is 4.48. The van der Waals surface area contributed by atoms with Crippen LogP contribution in [-0.4, -0.2) is 14.8 Å². The molecular weight excluding hydrogens is 267 g/mol. The molecule has 0 spiro atoms. The molecule has 0 aliphatic rings. The first kappa shape index (κ1) is 13.3. The molecule has 2 N–H and O–H groups in total. The molecule has 106 valence electrons. The van der Waals surface area contributed by atoms with Crippen LogP contribution in [0, 0.1) is 19.7 Å². The summed E-state index contributed by atoms with van der Waals surface area (Å²) in [5.41, 5.74) is 10.8. The quantitative estimate of drug-likeness (QED) is 0.784. The Morgan fingerprint density at radius 3 is 2.71 bits per heavy atom. The third-order valence-corrected chi connectivity index (χ3v) is 3.33. The van der Waals surface area contributed by atoms with Gasteiger partial charge in [0.05, 0.1) is 23.8 Å². The van der Waals surface area contributed by atoms with Crippen LogP contribution < -0.4 is 5.73 Å². The molecule has 0 radical (unpaired) electrons. The number of hydrogen-bond donors (Lipinski definition) is 1. The normalized spacial score (nSPS) is 10.8. The molecule has 21 heavy (non-hydrogen) atoms. The minimum absolute atomic E-state index is 0.409. The fourth-order valence-corrected chi connectivity index (χ4v) is 2.24. The van der Waals surface area contributed by atoms with E-state index in [1.165, 1.54) is 6.07 Å². The molecule has 1 aromatic carbocycles. The Balaban J connectivity index is 2.12. The Morgan fingerprint density at radius 2 is 1.95 bits per heavy atom. The van der Waals surface area contributed by atoms with Gasteiger partial charge in [-0.15, -0.1) is 0 Å². The molecule has 3 rings (SSSR count). The average Bonchev–Trinajstić information content (AvgIpc) is 2.83. The van der Waals surface area contributed by atoms with Gasteiger partial charge < -0.3 is 5.73 Å². The molecule has 5 heteroatoms. The van der Waals surface area contributed by atoms with E-state index >= 15 is 0 Å². The van der Waals surface area contributed by atoms with Crippen molar-refractivity contribution < 1.29 is 4.39 Å². The van der Waals surface area contributed by atoms with Crippen molar-refractivity contribution in [2.45, 2.75) is 13.8 Å². The van der Waals surface area contributed by atoms with Crippen LogP contribution in [0.3, 0.4) is 0 Å². The number of halogens is 1. The van der Waals surface area contributed by atoms with Crippen LogP contribution in [0.5, 0.6) is 0 Å². The summed E-state index contributed by atoms with van der Waals surface area (Å²) >= 11 is 0. The number of pyridine rings is 1. The zero-order valence-electron chi connectivity index (χ0n) is 11.8. The number of nitrogens with two attached hydrogens (primary N) is 1. The van der Waals surface area contributed by atoms with E-state index in [1.54, 1.807) is 17.1 Å². The van der Waals surface area contributed by atoms with Gasteiger partial charge >= 0.3 is 0 Å². The molecule has 0 bridgehead atoms. The van der Waals surface area contributed by atoms with Crippen molar-refractivity contribution in [1.82, 2.24) is 14.8 Å². The fraction of sp³-hybridized carbons (Fsp3) is 0.125. The second-order valence-corrected chi connectivity index (χ2v) is 5.06. The van der Waals surface area contributed by atoms with E-state index in [2.05, 4.69) is 10.1 Å². The molecule has 4 nitrogen and oxygen atoms in total. The lowest BCUT2D eigenvalue weighted by molar-refractivity contribution is 0.622. The van der Waals surface area contributed by atoms with Gasteiger partial charge in [0.15, 0.2) is 0 Å². The van der Waals surface area contributed by atoms with Gasteiger partial charge in [-0.3, -0.25) is 4.98 Å². The van der Waals surface area contributed by atoms with Crippen molar-refractivity contribution in [3.05, 3.63) is 59.8 Å². The predicted molar refractivity (Wildman–Crippen MR) is 80.6 cm³/mol. The van der Waals surface area contributed by atoms with Gasteiger partial charge in [-0.05, 0) is 37.1 Å². The first-order chi connectivity index (χ1) is 10.0. The average molecular weight is 282 g/mol. The van der Waals surface area contributed by atoms with Crippen molar-refractivity contribution in [2.24, 2.45) is 0 Å². The van der Waals surface area contributed by atoms with E-state index < -0.39 is 5.82 Å². The van der Waals surface area contributed by atoms with E-state index in [1.807, 2.05) is 32.0 Å². The van der Waals surface area contributed by atoms with Crippen LogP contribution in [0.15, 0.2) is 42.9 Å². The summed E-state index contributed by atoms with van der Waals surface area (Å²) in [4.78, 5) is 3.84. The number of nitrogen functional groups attached to an aromatic ring is 1. The summed E-state index contributed by atoms with van der Waals surface area (Å²) < 4.78 is 15.0. The van der Waals surface area contributed by atoms with Crippen LogP contribution in [0.4, 0.5) is 10.1 Å². The largest absolute Gasteiger partial charge is 0.396 e. The molecule has 0 fully saturated rings. The Labute approximate surface area is 122 Å². The van der Waals surface area contributed by atoms with E-state index in [4.69, 9.17) is 5.73 Å². The van der Waals surface area contributed by atoms with Crippen LogP contribution in [0.1, 0.15) is 11.1 Å². The van der Waals surface area contributed by atoms with Gasteiger partial charge in [0, 0.05) is 11.8 Å². The predicted octanol–water partition coefficient (Wildman–Crippen LogP) is 3.27. The number of aryl methyl sites for hydroxylation is 2. The SMILES string of the molecule is Cc1ccc(C)c(-n2cc(N)c(-c3cncc(F)c3)n2)c1. The first-order valence-corrected chi connectivity index (χ1v) is 6.58. The van der Waals surface area contributed by atoms with Crippen molar-refractivity contribution in [3.8, 4) is 16.9 Å². The number of rotatable bonds is 2. The van der Waals surface area contributed by atoms with E-state index in [9.17, 15) is 4.39 Å². The molecule has 2 heterocycles. The molecule has 0 unspecified atom stereocenters. The monoisotopic (exact) mass is 282 g/mol. The smallest absolute Gasteiger partial charge is 0.142 e. The van der Waals surface area contributed by atoms with Gasteiger partial charge in [-0.1, -0.05) is 12.1 Å². The summed E-state index contributed by atoms with van der Waals surface area (Å²) in [7, 11) is 0. The molecule has 3 aromatic rings. The minimum Gasteiger partial charge on any atom is -0.396 e. The number of benzene rings is 1. The lowest BCUT2D eigenvalue weighted by atomic mass is 10.1. The van der Waals surface area contributed by atoms with Crippen LogP contribution >= 0.6 is 0 Å². The summed E-state index contributed by atoms with van der Waals surface area (Å²) in [6, 6.07) is 7.49. The van der Waals surface area contributed by atoms with Crippen molar-refractivity contribution >= 4 is 5.69 Å². The highest BCUT2D eigenvalue weighted by atomic mass is 19.1. The van der Waals surface area contributed by atoms with E-state index in [-0.39, 0.29) is 0 Å². The van der Waals surface area contributed by atoms with Crippen molar-refractivity contribution in [3.63, 3.8) is 0 Å². The minimum atomic E-state index is -0.409. The summed E-state index contributed by atoms with van der Waals surface area (Å²) in [6.45, 7) is 4.03. The third kappa shape index (κ3) is 2.50. The van der Waals surface area contributed by atoms with Crippen molar-refractivity contribution in [1.29, 1.82) is 0 Å². The molecule has 0 saturated heterocycles. The Hall–Kier alpha value is -2.69. The number of aromatic nitrogens is 3. The highest BCUT2D eigenvalue weighted by Crippen LogP contribution is 2.26. The maximum atomic E-state index is 13.3. The Bertz CT molecular complexity index is 808. The molecule has 0 saturated carbocycles. The topological polar surface area (TPSA) is 56.7 Å². The Kier molecular flexibility index (Phi) is 3.17. The van der Waals surface area contributed by atoms with Crippen LogP contribution in [0.2, 0.25) is 0 Å². The van der Waals surface area contributed by atoms with Gasteiger partial charge in [0.1, 0.15) is 11.5 Å². The van der Waals surface area contributed by atoms with Gasteiger partial charge in [0.25, 0.3) is 0 Å². The van der Waals surface area contributed by atoms with Gasteiger partial charge in [-0.25, -0.2) is 9.07 Å². The molecule has 0 aliphatic heterocycles. The second kappa shape index (κ2) is 5.01. The van der Waals surface area contributed by atoms with E-state index in [0.717, 1.165) is 23.0 Å². The van der Waals surface area contributed by atoms with E-state index in [0.29, 0.717) is 16.9 Å². The molecule has 0 atom stereocenters. The van der Waals surface area contributed by atoms with Gasteiger partial charge in [-0.2, -0.15) is 5.10 Å². The molecule has 0 aliphatic carbocycles. The molecular formula is C16H15FN4.